The van der Waals surface area contributed by atoms with Gasteiger partial charge in [-0.1, -0.05) is 6.07 Å². The third-order valence-electron chi connectivity index (χ3n) is 4.03. The second-order valence-corrected chi connectivity index (χ2v) is 5.30. The molecule has 20 heavy (non-hydrogen) atoms. The molecule has 5 nitrogen and oxygen atoms in total. The predicted molar refractivity (Wildman–Crippen MR) is 75.1 cm³/mol. The number of ether oxygens (including phenoxy) is 1. The Balaban J connectivity index is 2.18. The van der Waals surface area contributed by atoms with Crippen LogP contribution in [0.5, 0.6) is 0 Å². The van der Waals surface area contributed by atoms with Crippen molar-refractivity contribution in [3.05, 3.63) is 29.6 Å². The molecule has 0 bridgehead atoms. The van der Waals surface area contributed by atoms with E-state index < -0.39 is 5.97 Å². The molecule has 0 amide bonds. The minimum atomic E-state index is -0.920. The molecule has 1 aromatic carbocycles. The molecule has 1 aliphatic rings. The van der Waals surface area contributed by atoms with Gasteiger partial charge < -0.3 is 14.4 Å². The lowest BCUT2D eigenvalue weighted by atomic mass is 10.1. The maximum Gasteiger partial charge on any atom is 0.337 e. The Hall–Kier alpha value is -1.88. The molecule has 2 atom stereocenters. The van der Waals surface area contributed by atoms with Crippen molar-refractivity contribution < 1.29 is 14.6 Å². The van der Waals surface area contributed by atoms with E-state index >= 15 is 0 Å². The maximum absolute atomic E-state index is 11.4. The molecule has 106 valence electrons. The van der Waals surface area contributed by atoms with Gasteiger partial charge in [-0.25, -0.2) is 9.78 Å². The van der Waals surface area contributed by atoms with Gasteiger partial charge >= 0.3 is 5.97 Å². The molecule has 1 aromatic heterocycles. The molecule has 2 unspecified atom stereocenters. The average molecular weight is 274 g/mol. The highest BCUT2D eigenvalue weighted by molar-refractivity contribution is 6.01. The van der Waals surface area contributed by atoms with Crippen LogP contribution >= 0.6 is 0 Å². The van der Waals surface area contributed by atoms with Crippen molar-refractivity contribution in [2.24, 2.45) is 0 Å². The number of para-hydroxylation sites is 1. The highest BCUT2D eigenvalue weighted by atomic mass is 16.5. The first-order valence-corrected chi connectivity index (χ1v) is 6.92. The second kappa shape index (κ2) is 4.90. The molecule has 1 fully saturated rings. The van der Waals surface area contributed by atoms with Gasteiger partial charge in [-0.3, -0.25) is 0 Å². The van der Waals surface area contributed by atoms with E-state index in [-0.39, 0.29) is 12.1 Å². The molecule has 1 aliphatic heterocycles. The zero-order valence-electron chi connectivity index (χ0n) is 11.7. The number of carboxylic acid groups (broad SMARTS) is 1. The van der Waals surface area contributed by atoms with Crippen molar-refractivity contribution in [3.8, 4) is 0 Å². The van der Waals surface area contributed by atoms with E-state index in [1.165, 1.54) is 0 Å². The molecule has 2 aromatic rings. The molecule has 5 heteroatoms. The number of benzene rings is 1. The van der Waals surface area contributed by atoms with Crippen LogP contribution in [0.15, 0.2) is 18.2 Å². The van der Waals surface area contributed by atoms with Gasteiger partial charge in [0.25, 0.3) is 0 Å². The first-order valence-electron chi connectivity index (χ1n) is 6.92. The summed E-state index contributed by atoms with van der Waals surface area (Å²) >= 11 is 0. The van der Waals surface area contributed by atoms with Crippen molar-refractivity contribution in [2.75, 3.05) is 6.61 Å². The van der Waals surface area contributed by atoms with Crippen molar-refractivity contribution in [2.45, 2.75) is 38.8 Å². The monoisotopic (exact) mass is 274 g/mol. The summed E-state index contributed by atoms with van der Waals surface area (Å²) in [6.07, 6.45) is 2.20. The van der Waals surface area contributed by atoms with Gasteiger partial charge in [0.15, 0.2) is 0 Å². The van der Waals surface area contributed by atoms with Gasteiger partial charge in [0.05, 0.1) is 28.7 Å². The van der Waals surface area contributed by atoms with Gasteiger partial charge in [0.1, 0.15) is 5.82 Å². The van der Waals surface area contributed by atoms with Gasteiger partial charge in [0.2, 0.25) is 0 Å². The molecular formula is C15H18N2O3. The maximum atomic E-state index is 11.4. The predicted octanol–water partition coefficient (Wildman–Crippen LogP) is 2.78. The Morgan fingerprint density at radius 1 is 1.55 bits per heavy atom. The van der Waals surface area contributed by atoms with Gasteiger partial charge in [-0.2, -0.15) is 0 Å². The Bertz CT molecular complexity index is 656. The summed E-state index contributed by atoms with van der Waals surface area (Å²) in [5, 5.41) is 9.39. The molecule has 3 rings (SSSR count). The summed E-state index contributed by atoms with van der Waals surface area (Å²) in [7, 11) is 0. The van der Waals surface area contributed by atoms with E-state index in [9.17, 15) is 9.90 Å². The number of fused-ring (bicyclic) bond motifs is 1. The first kappa shape index (κ1) is 13.1. The molecule has 0 saturated carbocycles. The fraction of sp³-hybridized carbons (Fsp3) is 0.467. The molecule has 0 spiro atoms. The number of hydrogen-bond donors (Lipinski definition) is 1. The first-order chi connectivity index (χ1) is 9.59. The number of imidazole rings is 1. The van der Waals surface area contributed by atoms with Crippen LogP contribution in [0.1, 0.15) is 42.0 Å². The van der Waals surface area contributed by atoms with Gasteiger partial charge in [-0.15, -0.1) is 0 Å². The molecule has 0 aliphatic carbocycles. The Kier molecular flexibility index (Phi) is 3.22. The third kappa shape index (κ3) is 1.98. The topological polar surface area (TPSA) is 64.3 Å². The number of hydrogen-bond acceptors (Lipinski definition) is 3. The SMILES string of the molecule is Cc1nc2cccc(C(=O)O)c2n1C(C)C1CCCO1. The van der Waals surface area contributed by atoms with Gasteiger partial charge in [-0.05, 0) is 38.8 Å². The van der Waals surface area contributed by atoms with E-state index in [0.717, 1.165) is 30.8 Å². The van der Waals surface area contributed by atoms with Crippen molar-refractivity contribution in [1.82, 2.24) is 9.55 Å². The standard InChI is InChI=1S/C15H18N2O3/c1-9(13-7-4-8-20-13)17-10(2)16-12-6-3-5-11(14(12)17)15(18)19/h3,5-6,9,13H,4,7-8H2,1-2H3,(H,18,19). The van der Waals surface area contributed by atoms with Crippen LogP contribution < -0.4 is 0 Å². The molecule has 1 N–H and O–H groups in total. The summed E-state index contributed by atoms with van der Waals surface area (Å²) in [6, 6.07) is 5.31. The van der Waals surface area contributed by atoms with Crippen LogP contribution in [0.4, 0.5) is 0 Å². The minimum Gasteiger partial charge on any atom is -0.478 e. The fourth-order valence-electron chi connectivity index (χ4n) is 3.08. The molecule has 0 radical (unpaired) electrons. The molecular weight excluding hydrogens is 256 g/mol. The summed E-state index contributed by atoms with van der Waals surface area (Å²) in [4.78, 5) is 15.9. The number of nitrogens with zero attached hydrogens (tertiary/aromatic N) is 2. The van der Waals surface area contributed by atoms with Crippen LogP contribution in [-0.2, 0) is 4.74 Å². The van der Waals surface area contributed by atoms with Crippen molar-refractivity contribution >= 4 is 17.0 Å². The number of aromatic nitrogens is 2. The largest absolute Gasteiger partial charge is 0.478 e. The fourth-order valence-corrected chi connectivity index (χ4v) is 3.08. The second-order valence-electron chi connectivity index (χ2n) is 5.30. The zero-order valence-corrected chi connectivity index (χ0v) is 11.7. The minimum absolute atomic E-state index is 0.0861. The van der Waals surface area contributed by atoms with E-state index in [0.29, 0.717) is 11.1 Å². The van der Waals surface area contributed by atoms with Crippen LogP contribution in [0.25, 0.3) is 11.0 Å². The van der Waals surface area contributed by atoms with E-state index in [2.05, 4.69) is 11.9 Å². The van der Waals surface area contributed by atoms with Crippen LogP contribution in [0.3, 0.4) is 0 Å². The average Bonchev–Trinajstić information content (AvgIpc) is 3.03. The van der Waals surface area contributed by atoms with Crippen molar-refractivity contribution in [1.29, 1.82) is 0 Å². The quantitative estimate of drug-likeness (QED) is 0.934. The molecule has 1 saturated heterocycles. The summed E-state index contributed by atoms with van der Waals surface area (Å²) in [5.41, 5.74) is 1.72. The normalized spacial score (nSPS) is 20.4. The summed E-state index contributed by atoms with van der Waals surface area (Å²) in [5.74, 6) is -0.0898. The van der Waals surface area contributed by atoms with Crippen LogP contribution in [0.2, 0.25) is 0 Å². The Morgan fingerprint density at radius 3 is 3.00 bits per heavy atom. The number of rotatable bonds is 3. The highest BCUT2D eigenvalue weighted by Crippen LogP contribution is 2.30. The van der Waals surface area contributed by atoms with E-state index in [1.807, 2.05) is 17.6 Å². The summed E-state index contributed by atoms with van der Waals surface area (Å²) in [6.45, 7) is 4.77. The zero-order chi connectivity index (χ0) is 14.3. The number of carbonyl (C=O) groups is 1. The highest BCUT2D eigenvalue weighted by Gasteiger charge is 2.27. The Morgan fingerprint density at radius 2 is 2.35 bits per heavy atom. The number of aryl methyl sites for hydroxylation is 1. The number of carboxylic acids is 1. The van der Waals surface area contributed by atoms with Crippen molar-refractivity contribution in [3.63, 3.8) is 0 Å². The lowest BCUT2D eigenvalue weighted by Gasteiger charge is -2.22. The van der Waals surface area contributed by atoms with Crippen LogP contribution in [-0.4, -0.2) is 33.3 Å². The summed E-state index contributed by atoms with van der Waals surface area (Å²) < 4.78 is 7.76. The van der Waals surface area contributed by atoms with E-state index in [1.54, 1.807) is 12.1 Å². The molecule has 2 heterocycles. The lowest BCUT2D eigenvalue weighted by molar-refractivity contribution is 0.0690. The van der Waals surface area contributed by atoms with Gasteiger partial charge in [0, 0.05) is 6.61 Å². The third-order valence-corrected chi connectivity index (χ3v) is 4.03. The van der Waals surface area contributed by atoms with Crippen LogP contribution in [0, 0.1) is 6.92 Å². The lowest BCUT2D eigenvalue weighted by Crippen LogP contribution is -2.22. The Labute approximate surface area is 117 Å². The smallest absolute Gasteiger partial charge is 0.337 e. The van der Waals surface area contributed by atoms with E-state index in [4.69, 9.17) is 4.74 Å². The number of aromatic carboxylic acids is 1.